The Bertz CT molecular complexity index is 283. The summed E-state index contributed by atoms with van der Waals surface area (Å²) in [5.74, 6) is 0.384. The molecule has 2 rings (SSSR count). The number of ether oxygens (including phenoxy) is 1. The van der Waals surface area contributed by atoms with Gasteiger partial charge >= 0.3 is 0 Å². The van der Waals surface area contributed by atoms with E-state index in [9.17, 15) is 4.79 Å². The Balaban J connectivity index is 0.000000181. The number of carbonyl (C=O) groups excluding carboxylic acids is 1. The molecule has 2 aliphatic rings. The molecule has 0 spiro atoms. The number of carbonyl (C=O) groups is 1. The lowest BCUT2D eigenvalue weighted by atomic mass is 10.0. The third-order valence-electron chi connectivity index (χ3n) is 2.20. The van der Waals surface area contributed by atoms with E-state index >= 15 is 0 Å². The van der Waals surface area contributed by atoms with Crippen LogP contribution in [0.3, 0.4) is 0 Å². The highest BCUT2D eigenvalue weighted by atomic mass is 16.5. The molecule has 0 aromatic heterocycles. The van der Waals surface area contributed by atoms with Crippen LogP contribution in [0.25, 0.3) is 0 Å². The first-order chi connectivity index (χ1) is 7.93. The van der Waals surface area contributed by atoms with Crippen LogP contribution < -0.4 is 0 Å². The third kappa shape index (κ3) is 5.96. The van der Waals surface area contributed by atoms with Gasteiger partial charge in [-0.3, -0.25) is 9.79 Å². The van der Waals surface area contributed by atoms with E-state index in [0.29, 0.717) is 19.0 Å². The van der Waals surface area contributed by atoms with Crippen LogP contribution in [-0.4, -0.2) is 25.8 Å². The summed E-state index contributed by atoms with van der Waals surface area (Å²) in [6.45, 7) is 1.89. The lowest BCUT2D eigenvalue weighted by Crippen LogP contribution is -2.06. The molecule has 0 bridgehead atoms. The van der Waals surface area contributed by atoms with E-state index in [1.54, 1.807) is 0 Å². The zero-order chi connectivity index (χ0) is 11.5. The molecule has 1 atom stereocenters. The molecule has 0 aromatic rings. The molecule has 0 amide bonds. The highest BCUT2D eigenvalue weighted by Gasteiger charge is 2.03. The molecule has 16 heavy (non-hydrogen) atoms. The molecule has 1 aliphatic heterocycles. The van der Waals surface area contributed by atoms with Crippen LogP contribution in [0.5, 0.6) is 0 Å². The van der Waals surface area contributed by atoms with Gasteiger partial charge in [0.05, 0.1) is 13.2 Å². The van der Waals surface area contributed by atoms with Gasteiger partial charge in [0.25, 0.3) is 6.47 Å². The van der Waals surface area contributed by atoms with Crippen molar-refractivity contribution in [1.82, 2.24) is 0 Å². The Morgan fingerprint density at radius 2 is 2.25 bits per heavy atom. The lowest BCUT2D eigenvalue weighted by molar-refractivity contribution is -0.129. The van der Waals surface area contributed by atoms with E-state index in [0.717, 1.165) is 19.4 Å². The fourth-order valence-corrected chi connectivity index (χ4v) is 1.36. The summed E-state index contributed by atoms with van der Waals surface area (Å²) in [5.41, 5.74) is 0. The largest absolute Gasteiger partial charge is 0.467 e. The Labute approximate surface area is 96.2 Å². The van der Waals surface area contributed by atoms with Crippen LogP contribution in [0.15, 0.2) is 41.4 Å². The molecule has 0 N–H and O–H groups in total. The van der Waals surface area contributed by atoms with Gasteiger partial charge in [0.15, 0.2) is 0 Å². The average molecular weight is 219 g/mol. The number of allylic oxidation sites excluding steroid dienone is 4. The monoisotopic (exact) mass is 219 g/mol. The molecule has 0 fully saturated rings. The summed E-state index contributed by atoms with van der Waals surface area (Å²) in [7, 11) is 0. The summed E-state index contributed by atoms with van der Waals surface area (Å²) in [4.78, 5) is 13.7. The predicted molar refractivity (Wildman–Crippen MR) is 65.5 cm³/mol. The maximum Gasteiger partial charge on any atom is 0.293 e. The number of rotatable bonds is 3. The molecule has 0 saturated carbocycles. The van der Waals surface area contributed by atoms with Crippen LogP contribution in [0, 0.1) is 5.92 Å². The molecule has 0 saturated heterocycles. The number of nitrogens with zero attached hydrogens (tertiary/aromatic N) is 1. The van der Waals surface area contributed by atoms with Crippen molar-refractivity contribution in [1.29, 1.82) is 0 Å². The predicted octanol–water partition coefficient (Wildman–Crippen LogP) is 2.31. The third-order valence-corrected chi connectivity index (χ3v) is 2.20. The first-order valence-electron chi connectivity index (χ1n) is 5.45. The van der Waals surface area contributed by atoms with Crippen LogP contribution in [0.2, 0.25) is 0 Å². The van der Waals surface area contributed by atoms with Crippen molar-refractivity contribution in [2.45, 2.75) is 12.8 Å². The summed E-state index contributed by atoms with van der Waals surface area (Å²) in [6, 6.07) is 0. The minimum absolute atomic E-state index is 0.384. The molecule has 3 heteroatoms. The first kappa shape index (κ1) is 12.4. The van der Waals surface area contributed by atoms with Crippen molar-refractivity contribution in [3.8, 4) is 0 Å². The van der Waals surface area contributed by atoms with Gasteiger partial charge in [-0.15, -0.1) is 0 Å². The molecule has 1 unspecified atom stereocenters. The summed E-state index contributed by atoms with van der Waals surface area (Å²) in [5, 5.41) is 0. The number of dihydropyridines is 1. The summed E-state index contributed by atoms with van der Waals surface area (Å²) in [6.07, 6.45) is 16.2. The van der Waals surface area contributed by atoms with E-state index < -0.39 is 0 Å². The molecular formula is C13H17NO2. The van der Waals surface area contributed by atoms with E-state index in [2.05, 4.69) is 28.0 Å². The second kappa shape index (κ2) is 8.65. The van der Waals surface area contributed by atoms with Crippen LogP contribution in [0.1, 0.15) is 12.8 Å². The second-order valence-electron chi connectivity index (χ2n) is 3.49. The van der Waals surface area contributed by atoms with Crippen molar-refractivity contribution < 1.29 is 9.53 Å². The molecule has 3 nitrogen and oxygen atoms in total. The smallest absolute Gasteiger partial charge is 0.293 e. The minimum Gasteiger partial charge on any atom is -0.467 e. The van der Waals surface area contributed by atoms with Gasteiger partial charge in [-0.05, 0) is 6.42 Å². The summed E-state index contributed by atoms with van der Waals surface area (Å²) < 4.78 is 4.61. The SMILES string of the molecule is C1=CCN=CC1.O=COCC1C=CC=CC1. The van der Waals surface area contributed by atoms with Crippen molar-refractivity contribution in [3.63, 3.8) is 0 Å². The average Bonchev–Trinajstić information content (AvgIpc) is 2.40. The van der Waals surface area contributed by atoms with Gasteiger partial charge in [-0.1, -0.05) is 36.5 Å². The normalized spacial score (nSPS) is 21.1. The highest BCUT2D eigenvalue weighted by molar-refractivity contribution is 5.60. The zero-order valence-corrected chi connectivity index (χ0v) is 9.29. The zero-order valence-electron chi connectivity index (χ0n) is 9.29. The van der Waals surface area contributed by atoms with Crippen molar-refractivity contribution in [3.05, 3.63) is 36.5 Å². The van der Waals surface area contributed by atoms with Crippen LogP contribution in [0.4, 0.5) is 0 Å². The molecule has 1 aliphatic carbocycles. The maximum atomic E-state index is 9.78. The highest BCUT2D eigenvalue weighted by Crippen LogP contribution is 2.10. The summed E-state index contributed by atoms with van der Waals surface area (Å²) >= 11 is 0. The fraction of sp³-hybridized carbons (Fsp3) is 0.385. The van der Waals surface area contributed by atoms with Crippen molar-refractivity contribution in [2.75, 3.05) is 13.2 Å². The van der Waals surface area contributed by atoms with Crippen molar-refractivity contribution in [2.24, 2.45) is 10.9 Å². The van der Waals surface area contributed by atoms with E-state index in [1.165, 1.54) is 0 Å². The van der Waals surface area contributed by atoms with E-state index in [-0.39, 0.29) is 0 Å². The quantitative estimate of drug-likeness (QED) is 0.539. The molecule has 86 valence electrons. The maximum absolute atomic E-state index is 9.78. The Hall–Kier alpha value is -1.64. The minimum atomic E-state index is 0.384. The fourth-order valence-electron chi connectivity index (χ4n) is 1.36. The Morgan fingerprint density at radius 3 is 2.69 bits per heavy atom. The molecule has 1 heterocycles. The van der Waals surface area contributed by atoms with Gasteiger partial charge in [0.2, 0.25) is 0 Å². The number of aliphatic imine (C=N–C) groups is 1. The Morgan fingerprint density at radius 1 is 1.31 bits per heavy atom. The van der Waals surface area contributed by atoms with Crippen molar-refractivity contribution >= 4 is 12.7 Å². The van der Waals surface area contributed by atoms with Gasteiger partial charge in [-0.2, -0.15) is 0 Å². The van der Waals surface area contributed by atoms with Gasteiger partial charge in [-0.25, -0.2) is 0 Å². The van der Waals surface area contributed by atoms with E-state index in [1.807, 2.05) is 24.4 Å². The van der Waals surface area contributed by atoms with Gasteiger partial charge in [0, 0.05) is 18.6 Å². The van der Waals surface area contributed by atoms with Gasteiger partial charge < -0.3 is 4.74 Å². The first-order valence-corrected chi connectivity index (χ1v) is 5.45. The number of hydrogen-bond donors (Lipinski definition) is 0. The molecular weight excluding hydrogens is 202 g/mol. The number of hydrogen-bond acceptors (Lipinski definition) is 3. The second-order valence-corrected chi connectivity index (χ2v) is 3.49. The van der Waals surface area contributed by atoms with E-state index in [4.69, 9.17) is 0 Å². The molecule has 0 aromatic carbocycles. The van der Waals surface area contributed by atoms with Crippen LogP contribution in [-0.2, 0) is 9.53 Å². The lowest BCUT2D eigenvalue weighted by Gasteiger charge is -2.09. The Kier molecular flexibility index (Phi) is 6.72. The topological polar surface area (TPSA) is 38.7 Å². The van der Waals surface area contributed by atoms with Gasteiger partial charge in [0.1, 0.15) is 0 Å². The molecule has 0 radical (unpaired) electrons. The van der Waals surface area contributed by atoms with Crippen LogP contribution >= 0.6 is 0 Å². The standard InChI is InChI=1S/C8H10O2.C5H7N/c9-7-10-6-8-4-2-1-3-5-8;1-2-4-6-5-3-1/h1-4,7-8H,5-6H2;1-2,5H,3-4H2.